The van der Waals surface area contributed by atoms with E-state index < -0.39 is 0 Å². The topological polar surface area (TPSA) is 75.4 Å². The first-order valence-electron chi connectivity index (χ1n) is 10.3. The molecule has 0 spiro atoms. The molecule has 1 amide bonds. The summed E-state index contributed by atoms with van der Waals surface area (Å²) in [5.41, 5.74) is 3.05. The summed E-state index contributed by atoms with van der Waals surface area (Å²) in [7, 11) is 0. The fourth-order valence-electron chi connectivity index (χ4n) is 5.07. The van der Waals surface area contributed by atoms with Crippen LogP contribution in [0, 0.1) is 32.6 Å². The van der Waals surface area contributed by atoms with E-state index in [0.29, 0.717) is 35.7 Å². The van der Waals surface area contributed by atoms with Crippen molar-refractivity contribution in [1.29, 1.82) is 0 Å². The maximum atomic E-state index is 13.5. The van der Waals surface area contributed by atoms with E-state index in [1.165, 1.54) is 11.1 Å². The number of fused-ring (bicyclic) bond motifs is 1. The molecule has 4 heterocycles. The molecule has 2 fully saturated rings. The number of aryl methyl sites for hydroxylation is 3. The van der Waals surface area contributed by atoms with Gasteiger partial charge < -0.3 is 14.2 Å². The van der Waals surface area contributed by atoms with Gasteiger partial charge in [0, 0.05) is 50.8 Å². The number of carbonyl (C=O) groups excluding carboxylic acids is 1. The second-order valence-electron chi connectivity index (χ2n) is 8.30. The number of aromatic nitrogens is 3. The summed E-state index contributed by atoms with van der Waals surface area (Å²) >= 11 is 0. The highest BCUT2D eigenvalue weighted by molar-refractivity contribution is 5.93. The Balaban J connectivity index is 1.51. The summed E-state index contributed by atoms with van der Waals surface area (Å²) in [6.45, 7) is 8.13. The van der Waals surface area contributed by atoms with Crippen molar-refractivity contribution in [2.24, 2.45) is 11.8 Å². The van der Waals surface area contributed by atoms with Crippen LogP contribution in [0.5, 0.6) is 0 Å². The van der Waals surface area contributed by atoms with Crippen molar-refractivity contribution in [2.75, 3.05) is 24.5 Å². The number of amides is 1. The molecule has 2 saturated heterocycles. The van der Waals surface area contributed by atoms with Crippen LogP contribution in [0.15, 0.2) is 47.3 Å². The Labute approximate surface area is 175 Å². The van der Waals surface area contributed by atoms with Gasteiger partial charge in [0.2, 0.25) is 5.76 Å². The molecule has 0 unspecified atom stereocenters. The molecule has 1 aromatic carbocycles. The third-order valence-corrected chi connectivity index (χ3v) is 6.40. The van der Waals surface area contributed by atoms with Crippen molar-refractivity contribution in [1.82, 2.24) is 19.9 Å². The van der Waals surface area contributed by atoms with Gasteiger partial charge in [-0.15, -0.1) is 0 Å². The van der Waals surface area contributed by atoms with Crippen LogP contribution in [-0.4, -0.2) is 45.4 Å². The molecule has 0 N–H and O–H groups in total. The highest BCUT2D eigenvalue weighted by Crippen LogP contribution is 2.47. The van der Waals surface area contributed by atoms with Crippen molar-refractivity contribution in [3.05, 3.63) is 71.3 Å². The third-order valence-electron chi connectivity index (χ3n) is 6.40. The lowest BCUT2D eigenvalue weighted by atomic mass is 9.87. The first kappa shape index (κ1) is 18.8. The summed E-state index contributed by atoms with van der Waals surface area (Å²) < 4.78 is 5.68. The maximum Gasteiger partial charge on any atom is 0.292 e. The Kier molecular flexibility index (Phi) is 4.53. The Morgan fingerprint density at radius 2 is 1.93 bits per heavy atom. The SMILES string of the molecule is Cc1nc(C)c(C(=O)N2C[C@@H]3CN(c4cnccn4)C[C@@H]3[C@H]2c2ccccc2C)o1. The maximum absolute atomic E-state index is 13.5. The van der Waals surface area contributed by atoms with Crippen molar-refractivity contribution < 1.29 is 9.21 Å². The monoisotopic (exact) mass is 403 g/mol. The van der Waals surface area contributed by atoms with Gasteiger partial charge in [-0.3, -0.25) is 9.78 Å². The number of anilines is 1. The molecule has 154 valence electrons. The van der Waals surface area contributed by atoms with E-state index in [0.717, 1.165) is 18.9 Å². The molecule has 2 aliphatic rings. The lowest BCUT2D eigenvalue weighted by molar-refractivity contribution is 0.0680. The van der Waals surface area contributed by atoms with Crippen LogP contribution in [-0.2, 0) is 0 Å². The molecule has 3 atom stereocenters. The summed E-state index contributed by atoms with van der Waals surface area (Å²) in [6, 6.07) is 8.35. The second-order valence-corrected chi connectivity index (χ2v) is 8.30. The molecule has 0 bridgehead atoms. The quantitative estimate of drug-likeness (QED) is 0.668. The lowest BCUT2D eigenvalue weighted by Crippen LogP contribution is -2.36. The van der Waals surface area contributed by atoms with Gasteiger partial charge in [-0.1, -0.05) is 24.3 Å². The molecule has 30 heavy (non-hydrogen) atoms. The van der Waals surface area contributed by atoms with Gasteiger partial charge in [0.15, 0.2) is 5.89 Å². The van der Waals surface area contributed by atoms with Gasteiger partial charge in [-0.25, -0.2) is 9.97 Å². The zero-order chi connectivity index (χ0) is 20.8. The molecule has 0 aliphatic carbocycles. The number of likely N-dealkylation sites (tertiary alicyclic amines) is 1. The van der Waals surface area contributed by atoms with Gasteiger partial charge in [0.1, 0.15) is 5.82 Å². The van der Waals surface area contributed by atoms with E-state index in [-0.39, 0.29) is 11.9 Å². The summed E-state index contributed by atoms with van der Waals surface area (Å²) in [5.74, 6) is 2.40. The van der Waals surface area contributed by atoms with Crippen LogP contribution in [0.1, 0.15) is 39.3 Å². The summed E-state index contributed by atoms with van der Waals surface area (Å²) in [6.07, 6.45) is 5.24. The standard InChI is InChI=1S/C23H25N5O2/c1-14-6-4-5-7-18(14)21-19-13-27(20-10-24-8-9-25-20)11-17(19)12-28(21)23(29)22-15(2)26-16(3)30-22/h4-10,17,19,21H,11-13H2,1-3H3/t17-,19-,21+/m0/s1. The van der Waals surface area contributed by atoms with Crippen LogP contribution < -0.4 is 4.90 Å². The average molecular weight is 403 g/mol. The van der Waals surface area contributed by atoms with Crippen LogP contribution in [0.2, 0.25) is 0 Å². The van der Waals surface area contributed by atoms with Gasteiger partial charge in [0.05, 0.1) is 17.9 Å². The highest BCUT2D eigenvalue weighted by atomic mass is 16.4. The minimum atomic E-state index is -0.0678. The molecule has 3 aromatic rings. The zero-order valence-electron chi connectivity index (χ0n) is 17.4. The van der Waals surface area contributed by atoms with Crippen molar-refractivity contribution in [3.8, 4) is 0 Å². The van der Waals surface area contributed by atoms with Gasteiger partial charge in [0.25, 0.3) is 5.91 Å². The predicted molar refractivity (Wildman–Crippen MR) is 112 cm³/mol. The van der Waals surface area contributed by atoms with Crippen molar-refractivity contribution >= 4 is 11.7 Å². The van der Waals surface area contributed by atoms with Crippen LogP contribution in [0.25, 0.3) is 0 Å². The van der Waals surface area contributed by atoms with Crippen LogP contribution in [0.4, 0.5) is 5.82 Å². The largest absolute Gasteiger partial charge is 0.436 e. The number of carbonyl (C=O) groups is 1. The molecular weight excluding hydrogens is 378 g/mol. The van der Waals surface area contributed by atoms with E-state index in [1.807, 2.05) is 24.1 Å². The summed E-state index contributed by atoms with van der Waals surface area (Å²) in [5, 5.41) is 0. The minimum Gasteiger partial charge on any atom is -0.436 e. The van der Waals surface area contributed by atoms with E-state index in [1.54, 1.807) is 19.3 Å². The van der Waals surface area contributed by atoms with E-state index in [9.17, 15) is 4.79 Å². The number of nitrogens with zero attached hydrogens (tertiary/aromatic N) is 5. The number of oxazole rings is 1. The average Bonchev–Trinajstić information content (AvgIpc) is 3.41. The van der Waals surface area contributed by atoms with Crippen molar-refractivity contribution in [3.63, 3.8) is 0 Å². The fourth-order valence-corrected chi connectivity index (χ4v) is 5.07. The summed E-state index contributed by atoms with van der Waals surface area (Å²) in [4.78, 5) is 30.8. The highest BCUT2D eigenvalue weighted by Gasteiger charge is 2.50. The van der Waals surface area contributed by atoms with Gasteiger partial charge in [-0.05, 0) is 25.0 Å². The van der Waals surface area contributed by atoms with Crippen LogP contribution >= 0.6 is 0 Å². The number of hydrogen-bond acceptors (Lipinski definition) is 6. The molecule has 5 rings (SSSR count). The Morgan fingerprint density at radius 1 is 1.10 bits per heavy atom. The molecule has 0 saturated carbocycles. The van der Waals surface area contributed by atoms with E-state index in [4.69, 9.17) is 4.42 Å². The molecule has 2 aliphatic heterocycles. The smallest absolute Gasteiger partial charge is 0.292 e. The first-order chi connectivity index (χ1) is 14.5. The first-order valence-corrected chi connectivity index (χ1v) is 10.3. The predicted octanol–water partition coefficient (Wildman–Crippen LogP) is 3.34. The van der Waals surface area contributed by atoms with Crippen LogP contribution in [0.3, 0.4) is 0 Å². The number of hydrogen-bond donors (Lipinski definition) is 0. The molecule has 2 aromatic heterocycles. The Morgan fingerprint density at radius 3 is 2.63 bits per heavy atom. The fraction of sp³-hybridized carbons (Fsp3) is 0.391. The molecular formula is C23H25N5O2. The number of benzene rings is 1. The van der Waals surface area contributed by atoms with Crippen molar-refractivity contribution in [2.45, 2.75) is 26.8 Å². The Hall–Kier alpha value is -3.22. The van der Waals surface area contributed by atoms with E-state index >= 15 is 0 Å². The number of rotatable bonds is 3. The minimum absolute atomic E-state index is 0.00447. The molecule has 7 nitrogen and oxygen atoms in total. The van der Waals surface area contributed by atoms with Gasteiger partial charge in [-0.2, -0.15) is 0 Å². The molecule has 0 radical (unpaired) electrons. The van der Waals surface area contributed by atoms with Gasteiger partial charge >= 0.3 is 0 Å². The normalized spacial score (nSPS) is 23.1. The van der Waals surface area contributed by atoms with E-state index in [2.05, 4.69) is 45.0 Å². The zero-order valence-corrected chi connectivity index (χ0v) is 17.4. The second kappa shape index (κ2) is 7.23. The Bertz CT molecular complexity index is 1080. The lowest BCUT2D eigenvalue weighted by Gasteiger charge is -2.30. The third kappa shape index (κ3) is 3.05. The molecule has 7 heteroatoms.